The molecule has 1 saturated heterocycles. The molecule has 0 aliphatic carbocycles. The molecule has 1 aliphatic heterocycles. The molecule has 0 radical (unpaired) electrons. The number of rotatable bonds is 10. The van der Waals surface area contributed by atoms with Crippen molar-refractivity contribution in [1.29, 1.82) is 10.5 Å². The van der Waals surface area contributed by atoms with Crippen molar-refractivity contribution in [3.63, 3.8) is 0 Å². The number of aromatic nitrogens is 1. The Balaban J connectivity index is 1.39. The molecular weight excluding hydrogens is 538 g/mol. The van der Waals surface area contributed by atoms with Crippen molar-refractivity contribution in [1.82, 2.24) is 14.8 Å². The number of methoxy groups -OCH3 is 1. The van der Waals surface area contributed by atoms with Crippen LogP contribution in [0.5, 0.6) is 5.75 Å². The number of nitriles is 2. The van der Waals surface area contributed by atoms with Crippen molar-refractivity contribution in [2.45, 2.75) is 19.9 Å². The number of ether oxygens (including phenoxy) is 1. The fraction of sp³-hybridized carbons (Fsp3) is 0.333. The molecule has 11 heteroatoms. The zero-order chi connectivity index (χ0) is 29.2. The highest BCUT2D eigenvalue weighted by Gasteiger charge is 2.17. The average molecular weight is 572 g/mol. The van der Waals surface area contributed by atoms with E-state index < -0.39 is 5.91 Å². The van der Waals surface area contributed by atoms with Crippen LogP contribution in [0.3, 0.4) is 0 Å². The molecule has 10 nitrogen and oxygen atoms in total. The average Bonchev–Trinajstić information content (AvgIpc) is 3.33. The number of hydrogen-bond acceptors (Lipinski definition) is 9. The number of benzene rings is 2. The van der Waals surface area contributed by atoms with Gasteiger partial charge >= 0.3 is 0 Å². The Morgan fingerprint density at radius 1 is 1.12 bits per heavy atom. The molecule has 0 saturated carbocycles. The van der Waals surface area contributed by atoms with Gasteiger partial charge in [0.25, 0.3) is 11.5 Å². The van der Waals surface area contributed by atoms with Crippen LogP contribution in [-0.4, -0.2) is 61.8 Å². The molecule has 1 aromatic heterocycles. The first-order valence-corrected chi connectivity index (χ1v) is 14.2. The van der Waals surface area contributed by atoms with Gasteiger partial charge in [-0.1, -0.05) is 12.1 Å². The van der Waals surface area contributed by atoms with Crippen molar-refractivity contribution in [2.75, 3.05) is 56.6 Å². The molecule has 1 amide bonds. The van der Waals surface area contributed by atoms with Crippen LogP contribution < -0.4 is 35.0 Å². The molecule has 2 heterocycles. The molecule has 1 aliphatic rings. The van der Waals surface area contributed by atoms with Gasteiger partial charge < -0.3 is 20.3 Å². The lowest BCUT2D eigenvalue weighted by molar-refractivity contribution is -0.115. The number of hydrogen-bond donors (Lipinski definition) is 2. The second-order valence-electron chi connectivity index (χ2n) is 9.41. The van der Waals surface area contributed by atoms with E-state index in [9.17, 15) is 14.9 Å². The van der Waals surface area contributed by atoms with Crippen molar-refractivity contribution >= 4 is 40.4 Å². The summed E-state index contributed by atoms with van der Waals surface area (Å²) in [6.07, 6.45) is 2.52. The summed E-state index contributed by atoms with van der Waals surface area (Å²) in [6, 6.07) is 20.0. The number of amides is 1. The van der Waals surface area contributed by atoms with Gasteiger partial charge in [-0.15, -0.1) is 11.3 Å². The van der Waals surface area contributed by atoms with Gasteiger partial charge in [0.05, 0.1) is 13.2 Å². The van der Waals surface area contributed by atoms with Crippen LogP contribution in [0.1, 0.15) is 12.5 Å². The zero-order valence-electron chi connectivity index (χ0n) is 23.2. The molecule has 0 bridgehead atoms. The summed E-state index contributed by atoms with van der Waals surface area (Å²) in [6.45, 7) is 6.77. The third kappa shape index (κ3) is 7.34. The summed E-state index contributed by atoms with van der Waals surface area (Å²) >= 11 is 1.07. The molecule has 0 spiro atoms. The van der Waals surface area contributed by atoms with Crippen LogP contribution in [0, 0.1) is 22.7 Å². The second kappa shape index (κ2) is 14.2. The van der Waals surface area contributed by atoms with E-state index in [2.05, 4.69) is 44.7 Å². The quantitative estimate of drug-likeness (QED) is 0.351. The molecular formula is C30H33N7O3S. The van der Waals surface area contributed by atoms with Gasteiger partial charge in [-0.05, 0) is 55.3 Å². The minimum absolute atomic E-state index is 0.185. The first kappa shape index (κ1) is 29.4. The predicted molar refractivity (Wildman–Crippen MR) is 161 cm³/mol. The smallest absolute Gasteiger partial charge is 0.270 e. The fourth-order valence-electron chi connectivity index (χ4n) is 4.67. The Hall–Kier alpha value is -4.58. The first-order chi connectivity index (χ1) is 20.0. The number of nitrogens with zero attached hydrogens (tertiary/aromatic N) is 5. The fourth-order valence-corrected chi connectivity index (χ4v) is 5.76. The van der Waals surface area contributed by atoms with Crippen LogP contribution in [0.15, 0.2) is 53.3 Å². The van der Waals surface area contributed by atoms with Gasteiger partial charge in [0.15, 0.2) is 5.57 Å². The number of carbonyl (C=O) groups excluding carboxylic acids is 1. The molecule has 2 N–H and O–H groups in total. The van der Waals surface area contributed by atoms with E-state index in [-0.39, 0.29) is 22.3 Å². The van der Waals surface area contributed by atoms with Gasteiger partial charge in [0.2, 0.25) is 0 Å². The SMILES string of the molecule is CCn1c(=C(C#N)C(=O)NCC#N)sc(=CNc2cccc(CCN3CCN(c4ccc(OC)cc4)CC3)c2)c1=O. The molecule has 0 unspecified atom stereocenters. The van der Waals surface area contributed by atoms with Gasteiger partial charge in [-0.25, -0.2) is 0 Å². The molecule has 41 heavy (non-hydrogen) atoms. The van der Waals surface area contributed by atoms with Crippen molar-refractivity contribution in [2.24, 2.45) is 0 Å². The van der Waals surface area contributed by atoms with Crippen LogP contribution in [0.4, 0.5) is 11.4 Å². The summed E-state index contributed by atoms with van der Waals surface area (Å²) in [5.41, 5.74) is 2.78. The molecule has 2 aromatic carbocycles. The van der Waals surface area contributed by atoms with Gasteiger partial charge in [-0.3, -0.25) is 19.1 Å². The maximum atomic E-state index is 13.0. The standard InChI is InChI=1S/C30H33N7O3S/c1-3-37-29(39)27(41-30(37)26(20-32)28(38)33-13-12-31)21-34-23-6-4-5-22(19-23)11-14-35-15-17-36(18-16-35)24-7-9-25(40-2)10-8-24/h4-10,19,21,34H,3,11,13-18H2,1-2H3,(H,33,38). The van der Waals surface area contributed by atoms with Crippen LogP contribution in [-0.2, 0) is 17.8 Å². The van der Waals surface area contributed by atoms with E-state index in [1.165, 1.54) is 15.8 Å². The third-order valence-corrected chi connectivity index (χ3v) is 8.06. The van der Waals surface area contributed by atoms with Crippen LogP contribution >= 0.6 is 11.3 Å². The number of anilines is 2. The largest absolute Gasteiger partial charge is 0.497 e. The maximum absolute atomic E-state index is 13.0. The highest BCUT2D eigenvalue weighted by Crippen LogP contribution is 2.20. The summed E-state index contributed by atoms with van der Waals surface area (Å²) in [4.78, 5) is 30.2. The van der Waals surface area contributed by atoms with Gasteiger partial charge in [0.1, 0.15) is 27.6 Å². The van der Waals surface area contributed by atoms with Gasteiger partial charge in [0, 0.05) is 56.8 Å². The van der Waals surface area contributed by atoms with E-state index in [1.807, 2.05) is 36.4 Å². The highest BCUT2D eigenvalue weighted by atomic mass is 32.1. The van der Waals surface area contributed by atoms with Crippen molar-refractivity contribution in [3.8, 4) is 17.9 Å². The van der Waals surface area contributed by atoms with E-state index in [4.69, 9.17) is 10.00 Å². The maximum Gasteiger partial charge on any atom is 0.270 e. The van der Waals surface area contributed by atoms with Crippen LogP contribution in [0.2, 0.25) is 0 Å². The molecule has 1 fully saturated rings. The minimum atomic E-state index is -0.674. The monoisotopic (exact) mass is 571 g/mol. The number of piperazine rings is 1. The summed E-state index contributed by atoms with van der Waals surface area (Å²) in [5, 5.41) is 23.9. The Kier molecular flexibility index (Phi) is 10.2. The number of nitrogens with one attached hydrogen (secondary N) is 2. The summed E-state index contributed by atoms with van der Waals surface area (Å²) in [5.74, 6) is 0.190. The minimum Gasteiger partial charge on any atom is -0.497 e. The number of carbonyl (C=O) groups is 1. The Labute approximate surface area is 243 Å². The summed E-state index contributed by atoms with van der Waals surface area (Å²) < 4.78 is 7.30. The zero-order valence-corrected chi connectivity index (χ0v) is 24.0. The Morgan fingerprint density at radius 3 is 2.54 bits per heavy atom. The van der Waals surface area contributed by atoms with Crippen LogP contribution in [0.25, 0.3) is 11.8 Å². The van der Waals surface area contributed by atoms with E-state index in [0.717, 1.165) is 61.9 Å². The topological polar surface area (TPSA) is 126 Å². The van der Waals surface area contributed by atoms with Crippen molar-refractivity contribution < 1.29 is 9.53 Å². The van der Waals surface area contributed by atoms with E-state index in [1.54, 1.807) is 20.2 Å². The molecule has 0 atom stereocenters. The van der Waals surface area contributed by atoms with Gasteiger partial charge in [-0.2, -0.15) is 10.5 Å². The number of thiazole rings is 1. The normalized spacial score (nSPS) is 14.6. The predicted octanol–water partition coefficient (Wildman–Crippen LogP) is 1.47. The third-order valence-electron chi connectivity index (χ3n) is 6.93. The Bertz CT molecular complexity index is 1620. The molecule has 4 rings (SSSR count). The Morgan fingerprint density at radius 2 is 1.88 bits per heavy atom. The van der Waals surface area contributed by atoms with E-state index >= 15 is 0 Å². The lowest BCUT2D eigenvalue weighted by Crippen LogP contribution is -2.46. The first-order valence-electron chi connectivity index (χ1n) is 13.4. The van der Waals surface area contributed by atoms with E-state index in [0.29, 0.717) is 11.1 Å². The lowest BCUT2D eigenvalue weighted by Gasteiger charge is -2.36. The highest BCUT2D eigenvalue weighted by molar-refractivity contribution is 7.07. The summed E-state index contributed by atoms with van der Waals surface area (Å²) in [7, 11) is 1.68. The molecule has 3 aromatic rings. The van der Waals surface area contributed by atoms with Crippen molar-refractivity contribution in [3.05, 3.63) is 73.6 Å². The molecule has 212 valence electrons. The lowest BCUT2D eigenvalue weighted by atomic mass is 10.1. The second-order valence-corrected chi connectivity index (χ2v) is 10.4.